The van der Waals surface area contributed by atoms with Crippen LogP contribution < -0.4 is 15.4 Å². The lowest BCUT2D eigenvalue weighted by Gasteiger charge is -2.26. The minimum Gasteiger partial charge on any atom is -0.494 e. The molecule has 0 radical (unpaired) electrons. The van der Waals surface area contributed by atoms with Gasteiger partial charge in [-0.2, -0.15) is 0 Å². The average molecular weight is 631 g/mol. The second kappa shape index (κ2) is 15.2. The van der Waals surface area contributed by atoms with E-state index in [9.17, 15) is 19.8 Å². The lowest BCUT2D eigenvalue weighted by molar-refractivity contribution is -0.140. The van der Waals surface area contributed by atoms with Crippen molar-refractivity contribution in [3.63, 3.8) is 0 Å². The van der Waals surface area contributed by atoms with Gasteiger partial charge in [-0.15, -0.1) is 11.3 Å². The van der Waals surface area contributed by atoms with Gasteiger partial charge in [-0.05, 0) is 60.6 Å². The number of hydrogen-bond acceptors (Lipinski definition) is 8. The van der Waals surface area contributed by atoms with Crippen molar-refractivity contribution in [3.05, 3.63) is 88.4 Å². The zero-order valence-electron chi connectivity index (χ0n) is 26.4. The number of benzene rings is 2. The Morgan fingerprint density at radius 3 is 2.16 bits per heavy atom. The fourth-order valence-electron chi connectivity index (χ4n) is 4.54. The number of carboxylic acid groups (broad SMARTS) is 1. The molecule has 4 N–H and O–H groups in total. The molecule has 45 heavy (non-hydrogen) atoms. The van der Waals surface area contributed by atoms with Crippen LogP contribution in [-0.4, -0.2) is 57.0 Å². The molecule has 9 nitrogen and oxygen atoms in total. The molecular weight excluding hydrogens is 588 g/mol. The number of carbonyl (C=O) groups excluding carboxylic acids is 1. The lowest BCUT2D eigenvalue weighted by atomic mass is 9.95. The summed E-state index contributed by atoms with van der Waals surface area (Å²) in [4.78, 5) is 35.3. The van der Waals surface area contributed by atoms with E-state index in [1.165, 1.54) is 18.3 Å². The molecule has 2 heterocycles. The predicted molar refractivity (Wildman–Crippen MR) is 178 cm³/mol. The summed E-state index contributed by atoms with van der Waals surface area (Å²) in [5.41, 5.74) is 3.45. The van der Waals surface area contributed by atoms with Crippen molar-refractivity contribution in [3.8, 4) is 28.3 Å². The number of ether oxygens (including phenoxy) is 1. The summed E-state index contributed by atoms with van der Waals surface area (Å²) in [6.45, 7) is 10.5. The number of unbranched alkanes of at least 4 members (excludes halogenated alkanes) is 1. The second-order valence-electron chi connectivity index (χ2n) is 12.1. The first-order valence-electron chi connectivity index (χ1n) is 15.2. The molecule has 0 aliphatic carbocycles. The van der Waals surface area contributed by atoms with Crippen molar-refractivity contribution in [2.75, 3.05) is 6.61 Å². The van der Waals surface area contributed by atoms with Gasteiger partial charge in [0, 0.05) is 28.4 Å². The van der Waals surface area contributed by atoms with Gasteiger partial charge in [0.1, 0.15) is 18.0 Å². The van der Waals surface area contributed by atoms with Gasteiger partial charge in [0.25, 0.3) is 5.91 Å². The van der Waals surface area contributed by atoms with Gasteiger partial charge in [0.2, 0.25) is 0 Å². The van der Waals surface area contributed by atoms with E-state index in [2.05, 4.69) is 48.3 Å². The first kappa shape index (κ1) is 33.8. The quantitative estimate of drug-likeness (QED) is 0.0975. The Hall–Kier alpha value is -4.12. The summed E-state index contributed by atoms with van der Waals surface area (Å²) in [6.07, 6.45) is 4.66. The van der Waals surface area contributed by atoms with Gasteiger partial charge in [-0.1, -0.05) is 70.5 Å². The largest absolute Gasteiger partial charge is 0.494 e. The molecule has 4 aromatic rings. The van der Waals surface area contributed by atoms with Crippen LogP contribution >= 0.6 is 11.3 Å². The summed E-state index contributed by atoms with van der Waals surface area (Å²) in [5, 5.41) is 25.8. The summed E-state index contributed by atoms with van der Waals surface area (Å²) in [7, 11) is 0. The molecule has 2 aromatic heterocycles. The highest BCUT2D eigenvalue weighted by atomic mass is 32.1. The van der Waals surface area contributed by atoms with Crippen LogP contribution in [0.4, 0.5) is 0 Å². The van der Waals surface area contributed by atoms with Crippen LogP contribution in [0.15, 0.2) is 73.1 Å². The van der Waals surface area contributed by atoms with Crippen molar-refractivity contribution >= 4 is 23.2 Å². The number of aliphatic carboxylic acids is 1. The zero-order valence-corrected chi connectivity index (χ0v) is 27.2. The molecule has 0 saturated carbocycles. The number of amides is 1. The van der Waals surface area contributed by atoms with E-state index in [0.29, 0.717) is 17.3 Å². The molecule has 0 saturated heterocycles. The highest BCUT2D eigenvalue weighted by Gasteiger charge is 2.27. The number of thiophene rings is 1. The fraction of sp³-hybridized carbons (Fsp3) is 0.371. The number of carboxylic acids is 1. The molecule has 2 aromatic carbocycles. The summed E-state index contributed by atoms with van der Waals surface area (Å²) < 4.78 is 5.75. The van der Waals surface area contributed by atoms with Crippen molar-refractivity contribution in [1.82, 2.24) is 20.6 Å². The summed E-state index contributed by atoms with van der Waals surface area (Å²) in [6, 6.07) is 17.4. The third-order valence-electron chi connectivity index (χ3n) is 7.33. The van der Waals surface area contributed by atoms with Crippen LogP contribution in [0, 0.1) is 0 Å². The molecule has 4 rings (SSSR count). The average Bonchev–Trinajstić information content (AvgIpc) is 3.53. The second-order valence-corrected chi connectivity index (χ2v) is 13.2. The van der Waals surface area contributed by atoms with Gasteiger partial charge in [-0.3, -0.25) is 14.9 Å². The van der Waals surface area contributed by atoms with E-state index in [0.717, 1.165) is 45.7 Å². The number of rotatable bonds is 14. The number of aliphatic hydroxyl groups excluding tert-OH is 1. The third kappa shape index (κ3) is 9.43. The number of hydrogen-bond donors (Lipinski definition) is 4. The minimum atomic E-state index is -1.30. The van der Waals surface area contributed by atoms with Crippen LogP contribution in [0.1, 0.15) is 67.6 Å². The number of carbonyl (C=O) groups is 2. The monoisotopic (exact) mass is 630 g/mol. The van der Waals surface area contributed by atoms with Crippen LogP contribution in [0.3, 0.4) is 0 Å². The first-order valence-corrected chi connectivity index (χ1v) is 16.0. The summed E-state index contributed by atoms with van der Waals surface area (Å²) in [5.74, 6) is -0.0179. The van der Waals surface area contributed by atoms with E-state index in [1.54, 1.807) is 18.5 Å². The van der Waals surface area contributed by atoms with Crippen LogP contribution in [0.5, 0.6) is 5.75 Å². The van der Waals surface area contributed by atoms with E-state index in [-0.39, 0.29) is 17.7 Å². The van der Waals surface area contributed by atoms with Crippen molar-refractivity contribution in [1.29, 1.82) is 0 Å². The Bertz CT molecular complexity index is 1550. The molecule has 10 heteroatoms. The first-order chi connectivity index (χ1) is 21.4. The van der Waals surface area contributed by atoms with E-state index < -0.39 is 24.3 Å². The maximum absolute atomic E-state index is 13.2. The standard InChI is InChI=1S/C35H42N4O5S/c1-6-7-18-44-27-14-12-24(13-15-27)26-20-36-31(37-21-26)25-10-8-23(9-11-25)19-28(32(40)38-22(2)34(42)43)39-33(41)29-16-17-30(45-29)35(3,4)5/h8-17,20-22,28,32,38,40H,6-7,18-19H2,1-5H3,(H,39,41)(H,42,43)/t22-,28+,32?/m1/s1. The molecule has 0 spiro atoms. The Kier molecular flexibility index (Phi) is 11.4. The molecule has 0 bridgehead atoms. The predicted octanol–water partition coefficient (Wildman–Crippen LogP) is 6.07. The maximum Gasteiger partial charge on any atom is 0.320 e. The van der Waals surface area contributed by atoms with Gasteiger partial charge in [0.05, 0.1) is 17.5 Å². The smallest absolute Gasteiger partial charge is 0.320 e. The Labute approximate surface area is 268 Å². The lowest BCUT2D eigenvalue weighted by Crippen LogP contribution is -2.54. The molecule has 0 aliphatic rings. The minimum absolute atomic E-state index is 0.0963. The van der Waals surface area contributed by atoms with Crippen molar-refractivity contribution in [2.45, 2.75) is 77.6 Å². The van der Waals surface area contributed by atoms with E-state index >= 15 is 0 Å². The molecule has 0 fully saturated rings. The number of aliphatic hydroxyl groups is 1. The van der Waals surface area contributed by atoms with E-state index in [1.807, 2.05) is 54.6 Å². The molecule has 1 amide bonds. The third-order valence-corrected chi connectivity index (χ3v) is 8.84. The highest BCUT2D eigenvalue weighted by Crippen LogP contribution is 2.29. The Morgan fingerprint density at radius 2 is 1.58 bits per heavy atom. The van der Waals surface area contributed by atoms with Gasteiger partial charge < -0.3 is 20.3 Å². The normalized spacial score (nSPS) is 13.6. The molecule has 1 unspecified atom stereocenters. The Morgan fingerprint density at radius 1 is 0.933 bits per heavy atom. The number of nitrogens with one attached hydrogen (secondary N) is 2. The van der Waals surface area contributed by atoms with Crippen LogP contribution in [0.2, 0.25) is 0 Å². The van der Waals surface area contributed by atoms with Crippen LogP contribution in [-0.2, 0) is 16.6 Å². The zero-order chi connectivity index (χ0) is 32.6. The fourth-order valence-corrected chi connectivity index (χ4v) is 5.50. The van der Waals surface area contributed by atoms with Crippen molar-refractivity contribution in [2.24, 2.45) is 0 Å². The van der Waals surface area contributed by atoms with Crippen LogP contribution in [0.25, 0.3) is 22.5 Å². The van der Waals surface area contributed by atoms with E-state index in [4.69, 9.17) is 4.74 Å². The number of aromatic nitrogens is 2. The summed E-state index contributed by atoms with van der Waals surface area (Å²) >= 11 is 1.40. The van der Waals surface area contributed by atoms with Gasteiger partial charge in [-0.25, -0.2) is 9.97 Å². The topological polar surface area (TPSA) is 134 Å². The van der Waals surface area contributed by atoms with Gasteiger partial charge >= 0.3 is 5.97 Å². The molecule has 0 aliphatic heterocycles. The molecule has 238 valence electrons. The highest BCUT2D eigenvalue weighted by molar-refractivity contribution is 7.14. The molecular formula is C35H42N4O5S. The maximum atomic E-state index is 13.2. The molecule has 3 atom stereocenters. The van der Waals surface area contributed by atoms with Crippen molar-refractivity contribution < 1.29 is 24.5 Å². The Balaban J connectivity index is 1.45. The van der Waals surface area contributed by atoms with Gasteiger partial charge in [0.15, 0.2) is 5.82 Å². The SMILES string of the molecule is CCCCOc1ccc(-c2cnc(-c3ccc(C[C@H](NC(=O)c4ccc(C(C)(C)C)s4)C(O)N[C@H](C)C(=O)O)cc3)nc2)cc1. The number of nitrogens with zero attached hydrogens (tertiary/aromatic N) is 2.